The topological polar surface area (TPSA) is 109 Å². The summed E-state index contributed by atoms with van der Waals surface area (Å²) in [6.07, 6.45) is 0. The molecule has 0 saturated carbocycles. The van der Waals surface area contributed by atoms with Crippen LogP contribution in [0.1, 0.15) is 26.5 Å². The summed E-state index contributed by atoms with van der Waals surface area (Å²) < 4.78 is 74.2. The van der Waals surface area contributed by atoms with E-state index >= 15 is 0 Å². The predicted molar refractivity (Wildman–Crippen MR) is 105 cm³/mol. The largest absolute Gasteiger partial charge is 0.516 e. The van der Waals surface area contributed by atoms with Gasteiger partial charge in [0.25, 0.3) is 0 Å². The van der Waals surface area contributed by atoms with Gasteiger partial charge >= 0.3 is 15.5 Å². The number of nitrogens with zero attached hydrogens (tertiary/aromatic N) is 4. The van der Waals surface area contributed by atoms with Gasteiger partial charge in [-0.2, -0.15) is 21.6 Å². The molecular weight excluding hydrogens is 427 g/mol. The lowest BCUT2D eigenvalue weighted by Crippen LogP contribution is -2.30. The highest BCUT2D eigenvalue weighted by molar-refractivity contribution is 7.93. The van der Waals surface area contributed by atoms with Gasteiger partial charge in [0.1, 0.15) is 17.2 Å². The molecule has 0 aliphatic carbocycles. The summed E-state index contributed by atoms with van der Waals surface area (Å²) in [6.45, 7) is 8.37. The first kappa shape index (κ1) is 23.4. The molecule has 1 aromatic heterocycles. The Kier molecular flexibility index (Phi) is 7.29. The minimum absolute atomic E-state index is 0.0721. The maximum Gasteiger partial charge on any atom is 0.516 e. The molecule has 30 heavy (non-hydrogen) atoms. The Hall–Kier alpha value is -2.83. The Balaban J connectivity index is 2.63. The number of hydrogen-bond donors (Lipinski definition) is 1. The molecule has 0 atom stereocenters. The van der Waals surface area contributed by atoms with E-state index in [9.17, 15) is 21.6 Å². The van der Waals surface area contributed by atoms with Gasteiger partial charge < -0.3 is 14.2 Å². The van der Waals surface area contributed by atoms with Crippen LogP contribution in [0.25, 0.3) is 0 Å². The summed E-state index contributed by atoms with van der Waals surface area (Å²) in [7, 11) is -5.68. The van der Waals surface area contributed by atoms with E-state index in [-0.39, 0.29) is 18.1 Å². The number of nitrogens with one attached hydrogen (secondary N) is 1. The molecule has 2 rings (SSSR count). The van der Waals surface area contributed by atoms with Crippen molar-refractivity contribution in [3.63, 3.8) is 0 Å². The molecule has 9 nitrogen and oxygen atoms in total. The van der Waals surface area contributed by atoms with Crippen molar-refractivity contribution in [3.05, 3.63) is 24.0 Å². The van der Waals surface area contributed by atoms with Gasteiger partial charge in [0.2, 0.25) is 5.82 Å². The zero-order valence-electron chi connectivity index (χ0n) is 16.8. The zero-order valence-corrected chi connectivity index (χ0v) is 17.6. The van der Waals surface area contributed by atoms with Gasteiger partial charge in [0.15, 0.2) is 0 Å². The van der Waals surface area contributed by atoms with Gasteiger partial charge in [-0.15, -0.1) is 10.2 Å². The summed E-state index contributed by atoms with van der Waals surface area (Å²) >= 11 is 0. The molecule has 13 heteroatoms. The lowest BCUT2D eigenvalue weighted by Gasteiger charge is -2.25. The van der Waals surface area contributed by atoms with Crippen LogP contribution in [-0.4, -0.2) is 38.8 Å². The zero-order chi connectivity index (χ0) is 22.5. The first-order valence-electron chi connectivity index (χ1n) is 9.02. The fourth-order valence-electron chi connectivity index (χ4n) is 2.51. The van der Waals surface area contributed by atoms with Crippen LogP contribution in [0.3, 0.4) is 0 Å². The van der Waals surface area contributed by atoms with E-state index in [1.165, 1.54) is 18.2 Å². The number of alkyl halides is 3. The number of anilines is 2. The Morgan fingerprint density at radius 1 is 1.17 bits per heavy atom. The number of hydrogen-bond acceptors (Lipinski definition) is 8. The lowest BCUT2D eigenvalue weighted by atomic mass is 10.2. The van der Waals surface area contributed by atoms with Crippen LogP contribution in [-0.2, 0) is 10.0 Å². The molecule has 0 unspecified atom stereocenters. The predicted octanol–water partition coefficient (Wildman–Crippen LogP) is 4.90. The molecule has 0 aliphatic heterocycles. The van der Waals surface area contributed by atoms with Crippen LogP contribution in [0.5, 0.6) is 5.75 Å². The summed E-state index contributed by atoms with van der Waals surface area (Å²) in [5, 5.41) is 11.3. The minimum atomic E-state index is -5.68. The average molecular weight is 449 g/mol. The lowest BCUT2D eigenvalue weighted by molar-refractivity contribution is -0.0429. The van der Waals surface area contributed by atoms with Crippen LogP contribution in [0.15, 0.2) is 33.0 Å². The summed E-state index contributed by atoms with van der Waals surface area (Å²) in [4.78, 5) is 1.80. The first-order valence-corrected chi connectivity index (χ1v) is 10.5. The van der Waals surface area contributed by atoms with Crippen LogP contribution in [0.2, 0.25) is 0 Å². The van der Waals surface area contributed by atoms with E-state index in [0.29, 0.717) is 30.3 Å². The van der Waals surface area contributed by atoms with Crippen LogP contribution in [0.4, 0.5) is 36.1 Å². The van der Waals surface area contributed by atoms with E-state index in [1.807, 2.05) is 13.8 Å². The van der Waals surface area contributed by atoms with Gasteiger partial charge in [-0.1, -0.05) is 5.16 Å². The standard InChI is InChI=1S/C17H22F3N5O4S/c1-5-25(6-2)14-9-13(24-30(26,27)17(18,19)20)12(10-15(14)28-7-3)21-22-16-8-11(4)29-23-16/h8-10,24H,5-7H2,1-4H3. The Labute approximate surface area is 172 Å². The maximum absolute atomic E-state index is 12.9. The third kappa shape index (κ3) is 5.40. The number of aromatic nitrogens is 1. The average Bonchev–Trinajstić information content (AvgIpc) is 3.07. The fourth-order valence-corrected chi connectivity index (χ4v) is 3.08. The second-order valence-electron chi connectivity index (χ2n) is 5.99. The number of ether oxygens (including phenoxy) is 1. The quantitative estimate of drug-likeness (QED) is 0.545. The molecule has 0 aliphatic rings. The van der Waals surface area contributed by atoms with E-state index in [0.717, 1.165) is 0 Å². The highest BCUT2D eigenvalue weighted by Gasteiger charge is 2.46. The van der Waals surface area contributed by atoms with Crippen molar-refractivity contribution in [1.82, 2.24) is 5.16 Å². The van der Waals surface area contributed by atoms with E-state index in [4.69, 9.17) is 9.26 Å². The molecular formula is C17H22F3N5O4S. The third-order valence-electron chi connectivity index (χ3n) is 3.91. The SMILES string of the molecule is CCOc1cc(N=Nc2cc(C)on2)c(NS(=O)(=O)C(F)(F)F)cc1N(CC)CC. The van der Waals surface area contributed by atoms with E-state index in [2.05, 4.69) is 15.4 Å². The van der Waals surface area contributed by atoms with Gasteiger partial charge in [0, 0.05) is 25.2 Å². The van der Waals surface area contributed by atoms with Crippen molar-refractivity contribution in [2.75, 3.05) is 29.3 Å². The smallest absolute Gasteiger partial charge is 0.492 e. The molecule has 0 fully saturated rings. The number of rotatable bonds is 9. The van der Waals surface area contributed by atoms with Crippen molar-refractivity contribution >= 4 is 32.9 Å². The summed E-state index contributed by atoms with van der Waals surface area (Å²) in [6, 6.07) is 4.02. The number of benzene rings is 1. The molecule has 0 bridgehead atoms. The van der Waals surface area contributed by atoms with Gasteiger partial charge in [0.05, 0.1) is 18.0 Å². The van der Waals surface area contributed by atoms with E-state index in [1.54, 1.807) is 23.5 Å². The maximum atomic E-state index is 12.9. The second-order valence-corrected chi connectivity index (χ2v) is 7.66. The molecule has 166 valence electrons. The van der Waals surface area contributed by atoms with Crippen molar-refractivity contribution in [1.29, 1.82) is 0 Å². The minimum Gasteiger partial charge on any atom is -0.492 e. The van der Waals surface area contributed by atoms with Gasteiger partial charge in [-0.05, 0) is 33.8 Å². The summed E-state index contributed by atoms with van der Waals surface area (Å²) in [5.74, 6) is 0.846. The van der Waals surface area contributed by atoms with Gasteiger partial charge in [-0.3, -0.25) is 4.72 Å². The monoisotopic (exact) mass is 449 g/mol. The van der Waals surface area contributed by atoms with Crippen LogP contribution in [0, 0.1) is 6.92 Å². The molecule has 0 radical (unpaired) electrons. The number of halogens is 3. The molecule has 0 saturated heterocycles. The normalized spacial score (nSPS) is 12.4. The Bertz CT molecular complexity index is 1000. The van der Waals surface area contributed by atoms with Crippen LogP contribution >= 0.6 is 0 Å². The molecule has 0 spiro atoms. The summed E-state index contributed by atoms with van der Waals surface area (Å²) in [5.41, 5.74) is -5.67. The number of sulfonamides is 1. The van der Waals surface area contributed by atoms with Crippen molar-refractivity contribution < 1.29 is 30.8 Å². The Morgan fingerprint density at radius 2 is 1.83 bits per heavy atom. The van der Waals surface area contributed by atoms with Crippen molar-refractivity contribution in [2.24, 2.45) is 10.2 Å². The fraction of sp³-hybridized carbons (Fsp3) is 0.471. The third-order valence-corrected chi connectivity index (χ3v) is 5.00. The second kappa shape index (κ2) is 9.32. The number of azo groups is 1. The highest BCUT2D eigenvalue weighted by Crippen LogP contribution is 2.41. The molecule has 1 N–H and O–H groups in total. The van der Waals surface area contributed by atoms with Crippen LogP contribution < -0.4 is 14.4 Å². The highest BCUT2D eigenvalue weighted by atomic mass is 32.2. The first-order chi connectivity index (χ1) is 14.0. The van der Waals surface area contributed by atoms with Crippen molar-refractivity contribution in [3.8, 4) is 5.75 Å². The van der Waals surface area contributed by atoms with Crippen molar-refractivity contribution in [2.45, 2.75) is 33.2 Å². The Morgan fingerprint density at radius 3 is 2.33 bits per heavy atom. The van der Waals surface area contributed by atoms with Gasteiger partial charge in [-0.25, -0.2) is 0 Å². The van der Waals surface area contributed by atoms with E-state index < -0.39 is 21.2 Å². The molecule has 1 aromatic carbocycles. The molecule has 2 aromatic rings. The molecule has 1 heterocycles. The number of aryl methyl sites for hydroxylation is 1. The molecule has 0 amide bonds.